The molecule has 0 saturated carbocycles. The number of para-hydroxylation sites is 1. The van der Waals surface area contributed by atoms with Gasteiger partial charge in [0, 0.05) is 16.1 Å². The first-order valence-corrected chi connectivity index (χ1v) is 8.04. The molecule has 0 aliphatic carbocycles. The fraction of sp³-hybridized carbons (Fsp3) is 0.118. The molecule has 0 fully saturated rings. The molecule has 5 nitrogen and oxygen atoms in total. The Kier molecular flexibility index (Phi) is 4.51. The number of aromatic nitrogens is 1. The molecule has 0 saturated heterocycles. The van der Waals surface area contributed by atoms with Crippen LogP contribution in [0, 0.1) is 13.8 Å². The maximum Gasteiger partial charge on any atom is 0.218 e. The van der Waals surface area contributed by atoms with Gasteiger partial charge in [-0.05, 0) is 49.3 Å². The summed E-state index contributed by atoms with van der Waals surface area (Å²) in [5.41, 5.74) is 3.85. The first-order chi connectivity index (χ1) is 11.5. The number of rotatable bonds is 2. The topological polar surface area (TPSA) is 72.8 Å². The third kappa shape index (κ3) is 3.11. The zero-order chi connectivity index (χ0) is 17.3. The number of fused-ring (bicyclic) bond motifs is 1. The van der Waals surface area contributed by atoms with Crippen LogP contribution in [0.3, 0.4) is 0 Å². The molecule has 0 amide bonds. The zero-order valence-electron chi connectivity index (χ0n) is 13.1. The number of H-pyrrole nitrogens is 1. The molecule has 7 heteroatoms. The lowest BCUT2D eigenvalue weighted by molar-refractivity contribution is 0.459. The van der Waals surface area contributed by atoms with Gasteiger partial charge >= 0.3 is 0 Å². The first-order valence-electron chi connectivity index (χ1n) is 7.25. The van der Waals surface area contributed by atoms with Crippen LogP contribution in [0.4, 0.5) is 11.4 Å². The van der Waals surface area contributed by atoms with Crippen molar-refractivity contribution in [2.75, 3.05) is 5.32 Å². The molecule has 3 aromatic rings. The van der Waals surface area contributed by atoms with Gasteiger partial charge in [0.05, 0.1) is 5.52 Å². The standard InChI is InChI=1S/C17H15ClN4OS/c1-9-5-3-6-11-14(9)20-16(23)15(11)21-22-17(24)19-13-8-4-7-12(18)10(13)2/h3-8,20,23H,1-2H3,(H,19,24). The van der Waals surface area contributed by atoms with Gasteiger partial charge in [0.2, 0.25) is 11.0 Å². The number of anilines is 1. The predicted molar refractivity (Wildman–Crippen MR) is 102 cm³/mol. The maximum atomic E-state index is 10.1. The molecule has 0 aliphatic heterocycles. The van der Waals surface area contributed by atoms with E-state index >= 15 is 0 Å². The molecule has 2 aromatic carbocycles. The van der Waals surface area contributed by atoms with Gasteiger partial charge < -0.3 is 15.4 Å². The van der Waals surface area contributed by atoms with Crippen molar-refractivity contribution in [2.45, 2.75) is 13.8 Å². The number of hydrogen-bond donors (Lipinski definition) is 3. The smallest absolute Gasteiger partial charge is 0.218 e. The van der Waals surface area contributed by atoms with Crippen molar-refractivity contribution >= 4 is 51.2 Å². The van der Waals surface area contributed by atoms with E-state index in [1.807, 2.05) is 44.2 Å². The minimum absolute atomic E-state index is 0.0372. The van der Waals surface area contributed by atoms with Crippen LogP contribution in [-0.4, -0.2) is 15.2 Å². The molecule has 0 radical (unpaired) electrons. The summed E-state index contributed by atoms with van der Waals surface area (Å²) in [4.78, 5) is 2.91. The number of thiocarbonyl (C=S) groups is 1. The van der Waals surface area contributed by atoms with Crippen LogP contribution in [0.15, 0.2) is 46.6 Å². The first kappa shape index (κ1) is 16.4. The van der Waals surface area contributed by atoms with E-state index in [1.165, 1.54) is 0 Å². The van der Waals surface area contributed by atoms with Gasteiger partial charge in [-0.3, -0.25) is 0 Å². The van der Waals surface area contributed by atoms with E-state index in [1.54, 1.807) is 6.07 Å². The quantitative estimate of drug-likeness (QED) is 0.411. The highest BCUT2D eigenvalue weighted by Gasteiger charge is 2.12. The molecule has 1 aromatic heterocycles. The van der Waals surface area contributed by atoms with Gasteiger partial charge in [0.25, 0.3) is 0 Å². The molecular formula is C17H15ClN4OS. The Bertz CT molecular complexity index is 965. The van der Waals surface area contributed by atoms with E-state index in [9.17, 15) is 5.11 Å². The summed E-state index contributed by atoms with van der Waals surface area (Å²) in [6.45, 7) is 3.84. The fourth-order valence-electron chi connectivity index (χ4n) is 2.42. The van der Waals surface area contributed by atoms with Crippen LogP contribution in [0.25, 0.3) is 10.9 Å². The third-order valence-electron chi connectivity index (χ3n) is 3.75. The molecule has 122 valence electrons. The van der Waals surface area contributed by atoms with Gasteiger partial charge in [-0.1, -0.05) is 35.9 Å². The number of nitrogens with one attached hydrogen (secondary N) is 2. The van der Waals surface area contributed by atoms with E-state index in [0.29, 0.717) is 10.7 Å². The van der Waals surface area contributed by atoms with Crippen molar-refractivity contribution in [3.8, 4) is 5.88 Å². The highest BCUT2D eigenvalue weighted by Crippen LogP contribution is 2.36. The number of nitrogens with zero attached hydrogens (tertiary/aromatic N) is 2. The third-order valence-corrected chi connectivity index (χ3v) is 4.34. The lowest BCUT2D eigenvalue weighted by atomic mass is 10.1. The number of aromatic hydroxyl groups is 1. The molecule has 0 bridgehead atoms. The normalized spacial score (nSPS) is 11.3. The lowest BCUT2D eigenvalue weighted by Gasteiger charge is -2.07. The van der Waals surface area contributed by atoms with Crippen LogP contribution < -0.4 is 5.32 Å². The fourth-order valence-corrected chi connectivity index (χ4v) is 2.74. The van der Waals surface area contributed by atoms with Crippen molar-refractivity contribution in [3.63, 3.8) is 0 Å². The summed E-state index contributed by atoms with van der Waals surface area (Å²) in [6.07, 6.45) is 0. The summed E-state index contributed by atoms with van der Waals surface area (Å²) in [6, 6.07) is 11.2. The molecule has 3 N–H and O–H groups in total. The number of aromatic amines is 1. The number of azo groups is 1. The molecule has 1 heterocycles. The van der Waals surface area contributed by atoms with Crippen LogP contribution in [0.5, 0.6) is 5.88 Å². The molecule has 3 rings (SSSR count). The molecule has 0 spiro atoms. The van der Waals surface area contributed by atoms with Crippen LogP contribution in [0.1, 0.15) is 11.1 Å². The van der Waals surface area contributed by atoms with Crippen LogP contribution in [0.2, 0.25) is 5.02 Å². The number of aryl methyl sites for hydroxylation is 1. The number of hydrogen-bond acceptors (Lipinski definition) is 3. The van der Waals surface area contributed by atoms with E-state index < -0.39 is 0 Å². The minimum atomic E-state index is -0.0372. The van der Waals surface area contributed by atoms with Crippen LogP contribution in [-0.2, 0) is 0 Å². The van der Waals surface area contributed by atoms with E-state index in [2.05, 4.69) is 20.5 Å². The van der Waals surface area contributed by atoms with Crippen molar-refractivity contribution in [2.24, 2.45) is 10.2 Å². The maximum absolute atomic E-state index is 10.1. The summed E-state index contributed by atoms with van der Waals surface area (Å²) in [5, 5.41) is 22.7. The lowest BCUT2D eigenvalue weighted by Crippen LogP contribution is -2.06. The van der Waals surface area contributed by atoms with E-state index in [0.717, 1.165) is 27.7 Å². The second-order valence-electron chi connectivity index (χ2n) is 5.36. The second kappa shape index (κ2) is 6.59. The zero-order valence-corrected chi connectivity index (χ0v) is 14.7. The van der Waals surface area contributed by atoms with Gasteiger partial charge in [-0.2, -0.15) is 0 Å². The van der Waals surface area contributed by atoms with Crippen molar-refractivity contribution in [1.82, 2.24) is 4.98 Å². The van der Waals surface area contributed by atoms with E-state index in [4.69, 9.17) is 23.8 Å². The van der Waals surface area contributed by atoms with Crippen molar-refractivity contribution in [3.05, 3.63) is 52.5 Å². The monoisotopic (exact) mass is 358 g/mol. The SMILES string of the molecule is Cc1c(Cl)cccc1NC(=S)N=Nc1c(O)[nH]c2c(C)cccc12. The Morgan fingerprint density at radius 1 is 1.21 bits per heavy atom. The summed E-state index contributed by atoms with van der Waals surface area (Å²) in [5.74, 6) is -0.0372. The summed E-state index contributed by atoms with van der Waals surface area (Å²) >= 11 is 11.3. The summed E-state index contributed by atoms with van der Waals surface area (Å²) < 4.78 is 0. The Balaban J connectivity index is 1.86. The average molecular weight is 359 g/mol. The Morgan fingerprint density at radius 2 is 1.96 bits per heavy atom. The molecular weight excluding hydrogens is 344 g/mol. The van der Waals surface area contributed by atoms with E-state index in [-0.39, 0.29) is 11.0 Å². The van der Waals surface area contributed by atoms with Gasteiger partial charge in [-0.25, -0.2) is 0 Å². The largest absolute Gasteiger partial charge is 0.493 e. The second-order valence-corrected chi connectivity index (χ2v) is 6.16. The number of benzene rings is 2. The minimum Gasteiger partial charge on any atom is -0.493 e. The highest BCUT2D eigenvalue weighted by molar-refractivity contribution is 7.80. The van der Waals surface area contributed by atoms with Gasteiger partial charge in [0.1, 0.15) is 0 Å². The van der Waals surface area contributed by atoms with Gasteiger partial charge in [0.15, 0.2) is 5.69 Å². The van der Waals surface area contributed by atoms with Crippen molar-refractivity contribution in [1.29, 1.82) is 0 Å². The Labute approximate surface area is 149 Å². The molecule has 0 aliphatic rings. The highest BCUT2D eigenvalue weighted by atomic mass is 35.5. The molecule has 24 heavy (non-hydrogen) atoms. The molecule has 0 atom stereocenters. The average Bonchev–Trinajstić information content (AvgIpc) is 2.87. The van der Waals surface area contributed by atoms with Crippen molar-refractivity contribution < 1.29 is 5.11 Å². The van der Waals surface area contributed by atoms with Gasteiger partial charge in [-0.15, -0.1) is 10.2 Å². The van der Waals surface area contributed by atoms with Crippen LogP contribution >= 0.6 is 23.8 Å². The number of halogens is 1. The Hall–Kier alpha value is -2.44. The predicted octanol–water partition coefficient (Wildman–Crippen LogP) is 5.62. The summed E-state index contributed by atoms with van der Waals surface area (Å²) in [7, 11) is 0. The molecule has 0 unspecified atom stereocenters. The Morgan fingerprint density at radius 3 is 2.75 bits per heavy atom.